The summed E-state index contributed by atoms with van der Waals surface area (Å²) in [5.74, 6) is -0.186. The van der Waals surface area contributed by atoms with Gasteiger partial charge in [0.15, 0.2) is 0 Å². The van der Waals surface area contributed by atoms with E-state index in [1.165, 1.54) is 0 Å². The smallest absolute Gasteiger partial charge is 0.336 e. The van der Waals surface area contributed by atoms with E-state index in [9.17, 15) is 4.79 Å². The van der Waals surface area contributed by atoms with Gasteiger partial charge in [-0.1, -0.05) is 30.3 Å². The molecule has 0 radical (unpaired) electrons. The van der Waals surface area contributed by atoms with Gasteiger partial charge in [-0.05, 0) is 30.7 Å². The molecule has 0 aliphatic heterocycles. The predicted octanol–water partition coefficient (Wildman–Crippen LogP) is 3.27. The van der Waals surface area contributed by atoms with Gasteiger partial charge in [0.05, 0.1) is 5.56 Å². The Hall–Kier alpha value is -2.29. The van der Waals surface area contributed by atoms with Gasteiger partial charge in [-0.15, -0.1) is 0 Å². The fraction of sp³-hybridized carbons (Fsp3) is 0.133. The van der Waals surface area contributed by atoms with E-state index >= 15 is 0 Å². The first-order valence-electron chi connectivity index (χ1n) is 5.67. The molecule has 0 aliphatic rings. The summed E-state index contributed by atoms with van der Waals surface area (Å²) in [5, 5.41) is 9.05. The van der Waals surface area contributed by atoms with Gasteiger partial charge < -0.3 is 9.84 Å². The molecule has 0 heterocycles. The molecule has 3 heteroatoms. The molecule has 2 rings (SSSR count). The number of aryl methyl sites for hydroxylation is 1. The van der Waals surface area contributed by atoms with Crippen LogP contribution in [0.3, 0.4) is 0 Å². The molecule has 0 fully saturated rings. The van der Waals surface area contributed by atoms with Crippen LogP contribution in [-0.2, 0) is 6.61 Å². The second-order valence-electron chi connectivity index (χ2n) is 4.07. The largest absolute Gasteiger partial charge is 0.489 e. The van der Waals surface area contributed by atoms with E-state index in [0.29, 0.717) is 5.56 Å². The zero-order valence-electron chi connectivity index (χ0n) is 10.1. The van der Waals surface area contributed by atoms with Crippen LogP contribution in [0.5, 0.6) is 5.75 Å². The molecule has 0 aromatic heterocycles. The van der Waals surface area contributed by atoms with Crippen molar-refractivity contribution in [2.24, 2.45) is 0 Å². The van der Waals surface area contributed by atoms with E-state index in [0.717, 1.165) is 11.3 Å². The molecule has 18 heavy (non-hydrogen) atoms. The van der Waals surface area contributed by atoms with Crippen molar-refractivity contribution < 1.29 is 14.6 Å². The lowest BCUT2D eigenvalue weighted by molar-refractivity contribution is 0.0694. The van der Waals surface area contributed by atoms with Crippen molar-refractivity contribution in [3.8, 4) is 5.75 Å². The van der Waals surface area contributed by atoms with Crippen LogP contribution in [0.4, 0.5) is 0 Å². The molecular weight excluding hydrogens is 228 g/mol. The molecule has 3 nitrogen and oxygen atoms in total. The number of benzene rings is 2. The molecule has 0 saturated heterocycles. The predicted molar refractivity (Wildman–Crippen MR) is 68.9 cm³/mol. The Morgan fingerprint density at radius 2 is 1.94 bits per heavy atom. The number of rotatable bonds is 4. The molecule has 0 spiro atoms. The third kappa shape index (κ3) is 2.88. The van der Waals surface area contributed by atoms with Crippen LogP contribution in [0.15, 0.2) is 48.5 Å². The highest BCUT2D eigenvalue weighted by atomic mass is 16.5. The third-order valence-electron chi connectivity index (χ3n) is 2.63. The number of carboxylic acids is 1. The maximum Gasteiger partial charge on any atom is 0.336 e. The SMILES string of the molecule is Cc1cccc(OCc2ccccc2C(=O)O)c1. The van der Waals surface area contributed by atoms with Crippen molar-refractivity contribution in [1.82, 2.24) is 0 Å². The summed E-state index contributed by atoms with van der Waals surface area (Å²) in [5.41, 5.74) is 2.07. The van der Waals surface area contributed by atoms with Gasteiger partial charge >= 0.3 is 5.97 Å². The van der Waals surface area contributed by atoms with Gasteiger partial charge in [0.1, 0.15) is 12.4 Å². The minimum absolute atomic E-state index is 0.256. The molecule has 92 valence electrons. The van der Waals surface area contributed by atoms with Gasteiger partial charge in [0.2, 0.25) is 0 Å². The molecule has 0 atom stereocenters. The van der Waals surface area contributed by atoms with Crippen molar-refractivity contribution in [2.45, 2.75) is 13.5 Å². The second-order valence-corrected chi connectivity index (χ2v) is 4.07. The molecule has 0 bridgehead atoms. The molecule has 0 amide bonds. The normalized spacial score (nSPS) is 10.1. The van der Waals surface area contributed by atoms with Crippen LogP contribution >= 0.6 is 0 Å². The average molecular weight is 242 g/mol. The zero-order valence-corrected chi connectivity index (χ0v) is 10.1. The topological polar surface area (TPSA) is 46.5 Å². The lowest BCUT2D eigenvalue weighted by Crippen LogP contribution is -2.05. The lowest BCUT2D eigenvalue weighted by Gasteiger charge is -2.09. The highest BCUT2D eigenvalue weighted by Crippen LogP contribution is 2.16. The molecular formula is C15H14O3. The summed E-state index contributed by atoms with van der Waals surface area (Å²) in [6.45, 7) is 2.24. The fourth-order valence-corrected chi connectivity index (χ4v) is 1.72. The minimum Gasteiger partial charge on any atom is -0.489 e. The standard InChI is InChI=1S/C15H14O3/c1-11-5-4-7-13(9-11)18-10-12-6-2-3-8-14(12)15(16)17/h2-9H,10H2,1H3,(H,16,17). The Morgan fingerprint density at radius 3 is 2.67 bits per heavy atom. The lowest BCUT2D eigenvalue weighted by atomic mass is 10.1. The van der Waals surface area contributed by atoms with Crippen molar-refractivity contribution in [1.29, 1.82) is 0 Å². The number of ether oxygens (including phenoxy) is 1. The van der Waals surface area contributed by atoms with Crippen molar-refractivity contribution in [2.75, 3.05) is 0 Å². The summed E-state index contributed by atoms with van der Waals surface area (Å²) in [7, 11) is 0. The van der Waals surface area contributed by atoms with Gasteiger partial charge in [0, 0.05) is 5.56 Å². The Bertz CT molecular complexity index is 561. The summed E-state index contributed by atoms with van der Waals surface area (Å²) in [6.07, 6.45) is 0. The van der Waals surface area contributed by atoms with E-state index in [2.05, 4.69) is 0 Å². The number of carbonyl (C=O) groups is 1. The maximum atomic E-state index is 11.0. The molecule has 2 aromatic rings. The average Bonchev–Trinajstić information content (AvgIpc) is 2.37. The molecule has 0 unspecified atom stereocenters. The summed E-state index contributed by atoms with van der Waals surface area (Å²) in [6, 6.07) is 14.5. The van der Waals surface area contributed by atoms with Gasteiger partial charge in [-0.25, -0.2) is 4.79 Å². The summed E-state index contributed by atoms with van der Waals surface area (Å²) < 4.78 is 5.60. The van der Waals surface area contributed by atoms with E-state index in [1.54, 1.807) is 24.3 Å². The molecule has 1 N–H and O–H groups in total. The summed E-state index contributed by atoms with van der Waals surface area (Å²) in [4.78, 5) is 11.0. The van der Waals surface area contributed by atoms with Gasteiger partial charge in [0.25, 0.3) is 0 Å². The van der Waals surface area contributed by atoms with Crippen LogP contribution in [0.25, 0.3) is 0 Å². The zero-order chi connectivity index (χ0) is 13.0. The van der Waals surface area contributed by atoms with Crippen molar-refractivity contribution >= 4 is 5.97 Å². The van der Waals surface area contributed by atoms with Crippen molar-refractivity contribution in [3.05, 3.63) is 65.2 Å². The first-order chi connectivity index (χ1) is 8.66. The minimum atomic E-state index is -0.932. The van der Waals surface area contributed by atoms with Crippen LogP contribution in [0, 0.1) is 6.92 Å². The number of aromatic carboxylic acids is 1. The highest BCUT2D eigenvalue weighted by molar-refractivity contribution is 5.89. The van der Waals surface area contributed by atoms with Crippen LogP contribution in [-0.4, -0.2) is 11.1 Å². The maximum absolute atomic E-state index is 11.0. The van der Waals surface area contributed by atoms with Crippen LogP contribution in [0.2, 0.25) is 0 Å². The Kier molecular flexibility index (Phi) is 3.63. The van der Waals surface area contributed by atoms with Crippen molar-refractivity contribution in [3.63, 3.8) is 0 Å². The monoisotopic (exact) mass is 242 g/mol. The van der Waals surface area contributed by atoms with E-state index in [-0.39, 0.29) is 12.2 Å². The first-order valence-corrected chi connectivity index (χ1v) is 5.67. The second kappa shape index (κ2) is 5.36. The molecule has 0 saturated carbocycles. The van der Waals surface area contributed by atoms with Gasteiger partial charge in [-0.2, -0.15) is 0 Å². The third-order valence-corrected chi connectivity index (χ3v) is 2.63. The fourth-order valence-electron chi connectivity index (χ4n) is 1.72. The van der Waals surface area contributed by atoms with E-state index in [4.69, 9.17) is 9.84 Å². The van der Waals surface area contributed by atoms with Gasteiger partial charge in [-0.3, -0.25) is 0 Å². The Labute approximate surface area is 106 Å². The molecule has 0 aliphatic carbocycles. The first kappa shape index (κ1) is 12.2. The van der Waals surface area contributed by atoms with E-state index < -0.39 is 5.97 Å². The highest BCUT2D eigenvalue weighted by Gasteiger charge is 2.09. The van der Waals surface area contributed by atoms with Crippen LogP contribution < -0.4 is 4.74 Å². The van der Waals surface area contributed by atoms with Crippen LogP contribution in [0.1, 0.15) is 21.5 Å². The number of hydrogen-bond donors (Lipinski definition) is 1. The quantitative estimate of drug-likeness (QED) is 0.895. The summed E-state index contributed by atoms with van der Waals surface area (Å²) >= 11 is 0. The Morgan fingerprint density at radius 1 is 1.17 bits per heavy atom. The van der Waals surface area contributed by atoms with E-state index in [1.807, 2.05) is 31.2 Å². The number of hydrogen-bond acceptors (Lipinski definition) is 2. The number of carboxylic acid groups (broad SMARTS) is 1. The molecule has 2 aromatic carbocycles. The Balaban J connectivity index is 2.13.